The maximum Gasteiger partial charge on any atom is 0.240 e. The van der Waals surface area contributed by atoms with E-state index in [2.05, 4.69) is 4.72 Å². The van der Waals surface area contributed by atoms with E-state index < -0.39 is 10.0 Å². The number of hydrogen-bond acceptors (Lipinski definition) is 3. The summed E-state index contributed by atoms with van der Waals surface area (Å²) in [5.74, 6) is 0. The van der Waals surface area contributed by atoms with E-state index in [0.717, 1.165) is 5.56 Å². The molecule has 1 aliphatic heterocycles. The number of nitrogens with one attached hydrogen (secondary N) is 1. The number of hydrogen-bond donors (Lipinski definition) is 1. The molecule has 0 spiro atoms. The quantitative estimate of drug-likeness (QED) is 0.825. The summed E-state index contributed by atoms with van der Waals surface area (Å²) < 4.78 is 31.0. The van der Waals surface area contributed by atoms with Gasteiger partial charge in [0, 0.05) is 0 Å². The minimum Gasteiger partial charge on any atom is -0.378 e. The van der Waals surface area contributed by atoms with Gasteiger partial charge in [-0.05, 0) is 19.1 Å². The maximum atomic E-state index is 11.8. The molecule has 1 heterocycles. The van der Waals surface area contributed by atoms with E-state index in [4.69, 9.17) is 4.74 Å². The Labute approximate surface area is 89.3 Å². The average Bonchev–Trinajstić information content (AvgIpc) is 2.13. The van der Waals surface area contributed by atoms with Crippen molar-refractivity contribution in [2.75, 3.05) is 13.2 Å². The summed E-state index contributed by atoms with van der Waals surface area (Å²) in [7, 11) is -3.37. The first-order valence-electron chi connectivity index (χ1n) is 4.75. The second-order valence-electron chi connectivity index (χ2n) is 3.67. The van der Waals surface area contributed by atoms with Gasteiger partial charge < -0.3 is 4.74 Å². The Morgan fingerprint density at radius 3 is 2.33 bits per heavy atom. The Balaban J connectivity index is 2.17. The van der Waals surface area contributed by atoms with Crippen molar-refractivity contribution in [3.63, 3.8) is 0 Å². The first kappa shape index (κ1) is 10.6. The van der Waals surface area contributed by atoms with Gasteiger partial charge in [-0.3, -0.25) is 0 Å². The second kappa shape index (κ2) is 3.92. The van der Waals surface area contributed by atoms with Crippen molar-refractivity contribution in [1.82, 2.24) is 4.72 Å². The zero-order valence-corrected chi connectivity index (χ0v) is 9.25. The van der Waals surface area contributed by atoms with Crippen LogP contribution in [0.25, 0.3) is 0 Å². The Hall–Kier alpha value is -0.910. The third-order valence-electron chi connectivity index (χ3n) is 2.29. The van der Waals surface area contributed by atoms with E-state index in [1.807, 2.05) is 6.92 Å². The van der Waals surface area contributed by atoms with E-state index >= 15 is 0 Å². The predicted octanol–water partition coefficient (Wildman–Crippen LogP) is 0.672. The maximum absolute atomic E-state index is 11.8. The van der Waals surface area contributed by atoms with Crippen LogP contribution in [0.15, 0.2) is 29.2 Å². The third-order valence-corrected chi connectivity index (χ3v) is 3.83. The molecule has 5 heteroatoms. The Kier molecular flexibility index (Phi) is 2.77. The van der Waals surface area contributed by atoms with Gasteiger partial charge in [-0.15, -0.1) is 0 Å². The summed E-state index contributed by atoms with van der Waals surface area (Å²) in [6, 6.07) is 6.71. The fourth-order valence-electron chi connectivity index (χ4n) is 1.31. The Morgan fingerprint density at radius 1 is 1.27 bits per heavy atom. The zero-order valence-electron chi connectivity index (χ0n) is 8.43. The third kappa shape index (κ3) is 2.37. The standard InChI is InChI=1S/C10H13NO3S/c1-8-2-4-10(5-3-8)15(12,13)11-9-6-14-7-9/h2-5,9,11H,6-7H2,1H3. The molecule has 1 saturated heterocycles. The minimum atomic E-state index is -3.37. The van der Waals surface area contributed by atoms with Gasteiger partial charge >= 0.3 is 0 Å². The average molecular weight is 227 g/mol. The van der Waals surface area contributed by atoms with Crippen LogP contribution in [-0.4, -0.2) is 27.7 Å². The van der Waals surface area contributed by atoms with Gasteiger partial charge in [0.2, 0.25) is 10.0 Å². The van der Waals surface area contributed by atoms with Crippen molar-refractivity contribution in [1.29, 1.82) is 0 Å². The summed E-state index contributed by atoms with van der Waals surface area (Å²) in [5, 5.41) is 0. The van der Waals surface area contributed by atoms with Crippen LogP contribution in [0.2, 0.25) is 0 Å². The van der Waals surface area contributed by atoms with Gasteiger partial charge in [-0.2, -0.15) is 0 Å². The summed E-state index contributed by atoms with van der Waals surface area (Å²) in [6.45, 7) is 2.85. The number of rotatable bonds is 3. The van der Waals surface area contributed by atoms with E-state index in [1.54, 1.807) is 24.3 Å². The predicted molar refractivity (Wildman–Crippen MR) is 56.1 cm³/mol. The first-order valence-corrected chi connectivity index (χ1v) is 6.23. The summed E-state index contributed by atoms with van der Waals surface area (Å²) in [5.41, 5.74) is 1.04. The zero-order chi connectivity index (χ0) is 10.9. The number of sulfonamides is 1. The molecular weight excluding hydrogens is 214 g/mol. The molecule has 2 rings (SSSR count). The molecule has 1 N–H and O–H groups in total. The van der Waals surface area contributed by atoms with Crippen molar-refractivity contribution in [2.45, 2.75) is 17.9 Å². The number of ether oxygens (including phenoxy) is 1. The highest BCUT2D eigenvalue weighted by Crippen LogP contribution is 2.12. The Bertz CT molecular complexity index is 434. The molecule has 1 fully saturated rings. The smallest absolute Gasteiger partial charge is 0.240 e. The summed E-state index contributed by atoms with van der Waals surface area (Å²) in [6.07, 6.45) is 0. The van der Waals surface area contributed by atoms with Gasteiger partial charge in [0.15, 0.2) is 0 Å². The van der Waals surface area contributed by atoms with Crippen LogP contribution in [0.4, 0.5) is 0 Å². The molecule has 0 amide bonds. The molecule has 1 aromatic carbocycles. The molecule has 0 radical (unpaired) electrons. The van der Waals surface area contributed by atoms with Crippen molar-refractivity contribution in [3.05, 3.63) is 29.8 Å². The van der Waals surface area contributed by atoms with Crippen LogP contribution >= 0.6 is 0 Å². The molecule has 0 aromatic heterocycles. The largest absolute Gasteiger partial charge is 0.378 e. The Morgan fingerprint density at radius 2 is 1.87 bits per heavy atom. The van der Waals surface area contributed by atoms with E-state index in [0.29, 0.717) is 18.1 Å². The lowest BCUT2D eigenvalue weighted by Gasteiger charge is -2.26. The monoisotopic (exact) mass is 227 g/mol. The van der Waals surface area contributed by atoms with Crippen LogP contribution in [0, 0.1) is 6.92 Å². The number of benzene rings is 1. The van der Waals surface area contributed by atoms with Crippen LogP contribution in [0.3, 0.4) is 0 Å². The second-order valence-corrected chi connectivity index (χ2v) is 5.38. The van der Waals surface area contributed by atoms with Crippen molar-refractivity contribution < 1.29 is 13.2 Å². The summed E-state index contributed by atoms with van der Waals surface area (Å²) >= 11 is 0. The molecule has 82 valence electrons. The van der Waals surface area contributed by atoms with Gasteiger partial charge in [0.05, 0.1) is 24.2 Å². The normalized spacial score (nSPS) is 17.4. The molecule has 0 atom stereocenters. The SMILES string of the molecule is Cc1ccc(S(=O)(=O)NC2COC2)cc1. The van der Waals surface area contributed by atoms with E-state index in [1.165, 1.54) is 0 Å². The van der Waals surface area contributed by atoms with Gasteiger partial charge in [0.1, 0.15) is 0 Å². The molecule has 0 bridgehead atoms. The highest BCUT2D eigenvalue weighted by molar-refractivity contribution is 7.89. The minimum absolute atomic E-state index is 0.0729. The topological polar surface area (TPSA) is 55.4 Å². The van der Waals surface area contributed by atoms with Gasteiger partial charge in [0.25, 0.3) is 0 Å². The molecule has 0 unspecified atom stereocenters. The fourth-order valence-corrected chi connectivity index (χ4v) is 2.51. The first-order chi connectivity index (χ1) is 7.08. The van der Waals surface area contributed by atoms with Gasteiger partial charge in [-0.25, -0.2) is 13.1 Å². The lowest BCUT2D eigenvalue weighted by Crippen LogP contribution is -2.48. The lowest BCUT2D eigenvalue weighted by atomic mass is 10.2. The highest BCUT2D eigenvalue weighted by atomic mass is 32.2. The molecule has 0 saturated carbocycles. The van der Waals surface area contributed by atoms with E-state index in [-0.39, 0.29) is 6.04 Å². The number of aryl methyl sites for hydroxylation is 1. The molecule has 1 aromatic rings. The summed E-state index contributed by atoms with van der Waals surface area (Å²) in [4.78, 5) is 0.306. The molecule has 15 heavy (non-hydrogen) atoms. The fraction of sp³-hybridized carbons (Fsp3) is 0.400. The van der Waals surface area contributed by atoms with Crippen LogP contribution in [0.5, 0.6) is 0 Å². The molecule has 4 nitrogen and oxygen atoms in total. The molecule has 0 aliphatic carbocycles. The van der Waals surface area contributed by atoms with Crippen LogP contribution < -0.4 is 4.72 Å². The highest BCUT2D eigenvalue weighted by Gasteiger charge is 2.25. The van der Waals surface area contributed by atoms with Gasteiger partial charge in [-0.1, -0.05) is 17.7 Å². The molecule has 1 aliphatic rings. The van der Waals surface area contributed by atoms with E-state index in [9.17, 15) is 8.42 Å². The van der Waals surface area contributed by atoms with Crippen molar-refractivity contribution in [3.8, 4) is 0 Å². The van der Waals surface area contributed by atoms with Crippen molar-refractivity contribution >= 4 is 10.0 Å². The molecular formula is C10H13NO3S. The lowest BCUT2D eigenvalue weighted by molar-refractivity contribution is 0.00482. The van der Waals surface area contributed by atoms with Crippen LogP contribution in [0.1, 0.15) is 5.56 Å². The van der Waals surface area contributed by atoms with Crippen LogP contribution in [-0.2, 0) is 14.8 Å². The van der Waals surface area contributed by atoms with Crippen molar-refractivity contribution in [2.24, 2.45) is 0 Å².